The first-order valence-corrected chi connectivity index (χ1v) is 4.67. The van der Waals surface area contributed by atoms with E-state index in [1.807, 2.05) is 0 Å². The van der Waals surface area contributed by atoms with E-state index in [2.05, 4.69) is 4.42 Å². The summed E-state index contributed by atoms with van der Waals surface area (Å²) in [6.45, 7) is 0.953. The van der Waals surface area contributed by atoms with Gasteiger partial charge in [-0.2, -0.15) is 39.5 Å². The van der Waals surface area contributed by atoms with Crippen LogP contribution in [0.1, 0.15) is 29.6 Å². The molecule has 0 aliphatic heterocycles. The lowest BCUT2D eigenvalue weighted by Gasteiger charge is -2.13. The van der Waals surface area contributed by atoms with Crippen LogP contribution >= 0.6 is 0 Å². The number of furan rings is 1. The van der Waals surface area contributed by atoms with Gasteiger partial charge in [-0.3, -0.25) is 0 Å². The van der Waals surface area contributed by atoms with Crippen LogP contribution in [0.25, 0.3) is 0 Å². The fourth-order valence-corrected chi connectivity index (χ4v) is 1.50. The molecule has 110 valence electrons. The van der Waals surface area contributed by atoms with Crippen molar-refractivity contribution in [3.8, 4) is 0 Å². The Bertz CT molecular complexity index is 460. The molecule has 1 rings (SSSR count). The molecule has 0 atom stereocenters. The fourth-order valence-electron chi connectivity index (χ4n) is 1.50. The Morgan fingerprint density at radius 2 is 1.16 bits per heavy atom. The minimum absolute atomic E-state index is 0.756. The molecule has 1 heterocycles. The van der Waals surface area contributed by atoms with Crippen LogP contribution in [-0.4, -0.2) is 0 Å². The Morgan fingerprint density at radius 3 is 1.42 bits per heavy atom. The highest BCUT2D eigenvalue weighted by Crippen LogP contribution is 2.49. The first-order valence-electron chi connectivity index (χ1n) is 4.67. The van der Waals surface area contributed by atoms with E-state index < -0.39 is 47.6 Å². The maximum absolute atomic E-state index is 12.5. The lowest BCUT2D eigenvalue weighted by atomic mass is 10.1. The number of hydrogen-bond acceptors (Lipinski definition) is 1. The summed E-state index contributed by atoms with van der Waals surface area (Å²) in [7, 11) is 0. The molecule has 0 fully saturated rings. The van der Waals surface area contributed by atoms with E-state index in [9.17, 15) is 39.5 Å². The SMILES string of the molecule is CCc1oc(C(F)(F)F)c(C(F)(F)F)c1C(F)(F)F. The second kappa shape index (κ2) is 4.34. The van der Waals surface area contributed by atoms with Crippen molar-refractivity contribution < 1.29 is 43.9 Å². The predicted molar refractivity (Wildman–Crippen MR) is 43.1 cm³/mol. The molecule has 1 aromatic heterocycles. The van der Waals surface area contributed by atoms with Crippen LogP contribution in [0.3, 0.4) is 0 Å². The molecule has 0 aliphatic rings. The van der Waals surface area contributed by atoms with Crippen molar-refractivity contribution in [2.45, 2.75) is 31.9 Å². The zero-order valence-corrected chi connectivity index (χ0v) is 9.02. The molecule has 1 aromatic rings. The number of alkyl halides is 9. The van der Waals surface area contributed by atoms with Crippen LogP contribution in [0, 0.1) is 0 Å². The van der Waals surface area contributed by atoms with Gasteiger partial charge in [0, 0.05) is 6.42 Å². The third-order valence-electron chi connectivity index (χ3n) is 2.13. The zero-order chi connectivity index (χ0) is 15.2. The Balaban J connectivity index is 3.75. The van der Waals surface area contributed by atoms with E-state index in [0.717, 1.165) is 6.92 Å². The van der Waals surface area contributed by atoms with Gasteiger partial charge in [0.1, 0.15) is 16.9 Å². The van der Waals surface area contributed by atoms with Gasteiger partial charge in [0.15, 0.2) is 0 Å². The molecule has 0 unspecified atom stereocenters. The van der Waals surface area contributed by atoms with Crippen molar-refractivity contribution in [1.29, 1.82) is 0 Å². The van der Waals surface area contributed by atoms with Gasteiger partial charge in [0.05, 0.1) is 0 Å². The second-order valence-electron chi connectivity index (χ2n) is 3.45. The lowest BCUT2D eigenvalue weighted by Crippen LogP contribution is -2.19. The van der Waals surface area contributed by atoms with Gasteiger partial charge < -0.3 is 4.42 Å². The molecule has 0 bridgehead atoms. The number of halogens is 9. The minimum atomic E-state index is -5.83. The third kappa shape index (κ3) is 2.98. The van der Waals surface area contributed by atoms with Crippen LogP contribution in [0.15, 0.2) is 4.42 Å². The average molecular weight is 300 g/mol. The summed E-state index contributed by atoms with van der Waals surface area (Å²) < 4.78 is 116. The van der Waals surface area contributed by atoms with E-state index in [4.69, 9.17) is 0 Å². The average Bonchev–Trinajstić information content (AvgIpc) is 2.54. The van der Waals surface area contributed by atoms with Crippen LogP contribution < -0.4 is 0 Å². The normalized spacial score (nSPS) is 14.0. The molecule has 1 nitrogen and oxygen atoms in total. The molecule has 0 saturated heterocycles. The first-order chi connectivity index (χ1) is 8.30. The summed E-state index contributed by atoms with van der Waals surface area (Å²) >= 11 is 0. The number of rotatable bonds is 1. The molecule has 0 aliphatic carbocycles. The summed E-state index contributed by atoms with van der Waals surface area (Å²) in [5.74, 6) is -4.07. The van der Waals surface area contributed by atoms with E-state index in [1.54, 1.807) is 0 Å². The van der Waals surface area contributed by atoms with Gasteiger partial charge in [-0.25, -0.2) is 0 Å². The van der Waals surface area contributed by atoms with E-state index in [-0.39, 0.29) is 0 Å². The Kier molecular flexibility index (Phi) is 3.59. The van der Waals surface area contributed by atoms with Crippen molar-refractivity contribution >= 4 is 0 Å². The Morgan fingerprint density at radius 1 is 0.737 bits per heavy atom. The molecule has 0 saturated carbocycles. The van der Waals surface area contributed by atoms with Crippen LogP contribution in [0.5, 0.6) is 0 Å². The van der Waals surface area contributed by atoms with Crippen molar-refractivity contribution in [2.75, 3.05) is 0 Å². The number of hydrogen-bond donors (Lipinski definition) is 0. The third-order valence-corrected chi connectivity index (χ3v) is 2.13. The largest absolute Gasteiger partial charge is 0.455 e. The molecule has 19 heavy (non-hydrogen) atoms. The Labute approximate surface area is 99.5 Å². The van der Waals surface area contributed by atoms with E-state index >= 15 is 0 Å². The van der Waals surface area contributed by atoms with Crippen LogP contribution in [0.4, 0.5) is 39.5 Å². The maximum atomic E-state index is 12.5. The van der Waals surface area contributed by atoms with E-state index in [0.29, 0.717) is 0 Å². The highest BCUT2D eigenvalue weighted by molar-refractivity contribution is 5.39. The van der Waals surface area contributed by atoms with Gasteiger partial charge in [0.2, 0.25) is 5.76 Å². The standard InChI is InChI=1S/C9H5F9O/c1-2-3-4(7(10,11)12)5(8(13,14)15)6(19-3)9(16,17)18/h2H2,1H3. The minimum Gasteiger partial charge on any atom is -0.455 e. The van der Waals surface area contributed by atoms with Crippen molar-refractivity contribution in [2.24, 2.45) is 0 Å². The topological polar surface area (TPSA) is 13.1 Å². The zero-order valence-electron chi connectivity index (χ0n) is 9.02. The second-order valence-corrected chi connectivity index (χ2v) is 3.45. The maximum Gasteiger partial charge on any atom is 0.450 e. The van der Waals surface area contributed by atoms with Gasteiger partial charge in [0.25, 0.3) is 0 Å². The summed E-state index contributed by atoms with van der Waals surface area (Å²) in [4.78, 5) is 0. The number of aryl methyl sites for hydroxylation is 1. The first kappa shape index (κ1) is 15.7. The molecule has 10 heteroatoms. The predicted octanol–water partition coefficient (Wildman–Crippen LogP) is 4.90. The summed E-state index contributed by atoms with van der Waals surface area (Å²) in [5, 5.41) is 0. The van der Waals surface area contributed by atoms with E-state index in [1.165, 1.54) is 0 Å². The van der Waals surface area contributed by atoms with Crippen LogP contribution in [0.2, 0.25) is 0 Å². The quantitative estimate of drug-likeness (QED) is 0.672. The molecular weight excluding hydrogens is 295 g/mol. The summed E-state index contributed by atoms with van der Waals surface area (Å²) in [6.07, 6.45) is -17.8. The van der Waals surface area contributed by atoms with Gasteiger partial charge in [-0.05, 0) is 0 Å². The van der Waals surface area contributed by atoms with Gasteiger partial charge in [-0.1, -0.05) is 6.92 Å². The molecule has 0 spiro atoms. The lowest BCUT2D eigenvalue weighted by molar-refractivity contribution is -0.178. The molecule has 0 radical (unpaired) electrons. The molecular formula is C9H5F9O. The smallest absolute Gasteiger partial charge is 0.450 e. The van der Waals surface area contributed by atoms with Crippen molar-refractivity contribution in [1.82, 2.24) is 0 Å². The summed E-state index contributed by atoms with van der Waals surface area (Å²) in [5.41, 5.74) is -5.25. The molecule has 0 N–H and O–H groups in total. The molecule has 0 amide bonds. The molecule has 0 aromatic carbocycles. The van der Waals surface area contributed by atoms with Crippen LogP contribution in [-0.2, 0) is 24.9 Å². The highest BCUT2D eigenvalue weighted by Gasteiger charge is 2.55. The van der Waals surface area contributed by atoms with Crippen molar-refractivity contribution in [3.63, 3.8) is 0 Å². The Hall–Kier alpha value is -1.35. The van der Waals surface area contributed by atoms with Gasteiger partial charge >= 0.3 is 18.5 Å². The highest BCUT2D eigenvalue weighted by atomic mass is 19.4. The fraction of sp³-hybridized carbons (Fsp3) is 0.556. The van der Waals surface area contributed by atoms with Crippen molar-refractivity contribution in [3.05, 3.63) is 22.6 Å². The summed E-state index contributed by atoms with van der Waals surface area (Å²) in [6, 6.07) is 0. The van der Waals surface area contributed by atoms with Gasteiger partial charge in [-0.15, -0.1) is 0 Å². The monoisotopic (exact) mass is 300 g/mol.